The van der Waals surface area contributed by atoms with Crippen molar-refractivity contribution in [1.82, 2.24) is 9.97 Å². The van der Waals surface area contributed by atoms with Gasteiger partial charge in [0.25, 0.3) is 5.56 Å². The highest BCUT2D eigenvalue weighted by atomic mass is 16.5. The van der Waals surface area contributed by atoms with Crippen LogP contribution >= 0.6 is 0 Å². The molecule has 8 heteroatoms. The second-order valence-corrected chi connectivity index (χ2v) is 4.69. The number of para-hydroxylation sites is 2. The highest BCUT2D eigenvalue weighted by Crippen LogP contribution is 2.32. The molecule has 120 valence electrons. The van der Waals surface area contributed by atoms with Gasteiger partial charge in [-0.2, -0.15) is 0 Å². The molecule has 3 rings (SSSR count). The zero-order chi connectivity index (χ0) is 16.9. The van der Waals surface area contributed by atoms with Crippen molar-refractivity contribution in [3.05, 3.63) is 75.4 Å². The Morgan fingerprint density at radius 3 is 2.33 bits per heavy atom. The molecule has 24 heavy (non-hydrogen) atoms. The van der Waals surface area contributed by atoms with Crippen LogP contribution in [0.1, 0.15) is 0 Å². The normalized spacial score (nSPS) is 10.8. The lowest BCUT2D eigenvalue weighted by atomic mass is 10.3. The molecule has 0 saturated heterocycles. The maximum atomic E-state index is 11.6. The van der Waals surface area contributed by atoms with Gasteiger partial charge in [-0.3, -0.25) is 14.8 Å². The molecule has 1 aromatic heterocycles. The molecule has 1 heterocycles. The molecule has 0 atom stereocenters. The van der Waals surface area contributed by atoms with Gasteiger partial charge >= 0.3 is 5.69 Å². The van der Waals surface area contributed by atoms with Gasteiger partial charge in [0, 0.05) is 0 Å². The van der Waals surface area contributed by atoms with Crippen LogP contribution in [0.25, 0.3) is 0 Å². The molecular formula is C16H12N4O4. The first-order chi connectivity index (χ1) is 11.6. The van der Waals surface area contributed by atoms with Crippen molar-refractivity contribution in [2.75, 3.05) is 0 Å². The van der Waals surface area contributed by atoms with E-state index < -0.39 is 22.8 Å². The van der Waals surface area contributed by atoms with E-state index in [0.717, 1.165) is 0 Å². The van der Waals surface area contributed by atoms with E-state index in [2.05, 4.69) is 10.2 Å². The van der Waals surface area contributed by atoms with Gasteiger partial charge in [-0.05, 0) is 24.3 Å². The second kappa shape index (κ2) is 6.61. The molecule has 0 aliphatic rings. The quantitative estimate of drug-likeness (QED) is 0.639. The van der Waals surface area contributed by atoms with Crippen molar-refractivity contribution >= 4 is 11.4 Å². The number of aromatic nitrogens is 2. The number of hydrogen-bond acceptors (Lipinski definition) is 6. The number of hydrogen-bond donors (Lipinski definition) is 3. The number of azo groups is 1. The summed E-state index contributed by atoms with van der Waals surface area (Å²) in [4.78, 5) is 26.7. The third-order valence-electron chi connectivity index (χ3n) is 2.99. The Morgan fingerprint density at radius 2 is 1.58 bits per heavy atom. The van der Waals surface area contributed by atoms with E-state index >= 15 is 0 Å². The second-order valence-electron chi connectivity index (χ2n) is 4.69. The van der Waals surface area contributed by atoms with Gasteiger partial charge in [-0.1, -0.05) is 30.3 Å². The molecule has 0 saturated carbocycles. The van der Waals surface area contributed by atoms with Crippen LogP contribution in [-0.2, 0) is 0 Å². The largest absolute Gasteiger partial charge is 0.493 e. The fraction of sp³-hybridized carbons (Fsp3) is 0. The number of benzene rings is 2. The van der Waals surface area contributed by atoms with Gasteiger partial charge < -0.3 is 9.84 Å². The van der Waals surface area contributed by atoms with Crippen molar-refractivity contribution in [3.63, 3.8) is 0 Å². The Kier molecular flexibility index (Phi) is 4.19. The molecule has 0 unspecified atom stereocenters. The number of rotatable bonds is 4. The van der Waals surface area contributed by atoms with Crippen molar-refractivity contribution in [3.8, 4) is 17.4 Å². The molecule has 3 N–H and O–H groups in total. The van der Waals surface area contributed by atoms with Crippen molar-refractivity contribution in [2.24, 2.45) is 10.2 Å². The molecule has 0 radical (unpaired) electrons. The Labute approximate surface area is 135 Å². The first-order valence-corrected chi connectivity index (χ1v) is 6.93. The van der Waals surface area contributed by atoms with Crippen LogP contribution in [0.4, 0.5) is 11.4 Å². The summed E-state index contributed by atoms with van der Waals surface area (Å²) in [5.74, 6) is 0.381. The number of H-pyrrole nitrogens is 2. The molecule has 2 aromatic carbocycles. The number of aromatic amines is 2. The van der Waals surface area contributed by atoms with Crippen LogP contribution in [0.15, 0.2) is 74.4 Å². The summed E-state index contributed by atoms with van der Waals surface area (Å²) in [6.07, 6.45) is 0. The lowest BCUT2D eigenvalue weighted by molar-refractivity contribution is 0.449. The molecule has 0 aliphatic heterocycles. The predicted octanol–water partition coefficient (Wildman–Crippen LogP) is 2.98. The maximum absolute atomic E-state index is 11.6. The standard InChI is InChI=1S/C16H12N4O4/c21-14-13(15(22)18-16(23)17-14)20-19-11-8-4-5-9-12(11)24-10-6-2-1-3-7-10/h1-9H,(H3,17,18,21,22,23). The minimum Gasteiger partial charge on any atom is -0.493 e. The molecule has 0 fully saturated rings. The average molecular weight is 324 g/mol. The third-order valence-corrected chi connectivity index (χ3v) is 2.99. The minimum atomic E-state index is -0.846. The Morgan fingerprint density at radius 1 is 0.875 bits per heavy atom. The van der Waals surface area contributed by atoms with Crippen LogP contribution in [0.5, 0.6) is 17.4 Å². The average Bonchev–Trinajstić information content (AvgIpc) is 2.56. The van der Waals surface area contributed by atoms with Gasteiger partial charge in [0.15, 0.2) is 5.75 Å². The molecule has 0 spiro atoms. The molecule has 8 nitrogen and oxygen atoms in total. The van der Waals surface area contributed by atoms with Gasteiger partial charge in [-0.25, -0.2) is 4.79 Å². The Balaban J connectivity index is 1.94. The fourth-order valence-corrected chi connectivity index (χ4v) is 1.91. The van der Waals surface area contributed by atoms with E-state index in [1.54, 1.807) is 36.4 Å². The zero-order valence-electron chi connectivity index (χ0n) is 12.3. The van der Waals surface area contributed by atoms with E-state index in [1.807, 2.05) is 28.2 Å². The fourth-order valence-electron chi connectivity index (χ4n) is 1.91. The predicted molar refractivity (Wildman–Crippen MR) is 86.5 cm³/mol. The highest BCUT2D eigenvalue weighted by Gasteiger charge is 2.08. The summed E-state index contributed by atoms with van der Waals surface area (Å²) in [5.41, 5.74) is -1.72. The molecule has 0 bridgehead atoms. The first-order valence-electron chi connectivity index (χ1n) is 6.93. The molecule has 0 amide bonds. The van der Waals surface area contributed by atoms with Gasteiger partial charge in [0.1, 0.15) is 11.4 Å². The van der Waals surface area contributed by atoms with E-state index in [9.17, 15) is 14.7 Å². The molecule has 3 aromatic rings. The van der Waals surface area contributed by atoms with E-state index in [0.29, 0.717) is 17.2 Å². The third kappa shape index (κ3) is 3.38. The zero-order valence-corrected chi connectivity index (χ0v) is 12.3. The van der Waals surface area contributed by atoms with Gasteiger partial charge in [0.2, 0.25) is 11.6 Å². The van der Waals surface area contributed by atoms with Crippen molar-refractivity contribution in [1.29, 1.82) is 0 Å². The maximum Gasteiger partial charge on any atom is 0.328 e. The summed E-state index contributed by atoms with van der Waals surface area (Å²) >= 11 is 0. The van der Waals surface area contributed by atoms with E-state index in [4.69, 9.17) is 4.74 Å². The lowest BCUT2D eigenvalue weighted by Crippen LogP contribution is -2.20. The van der Waals surface area contributed by atoms with Crippen LogP contribution < -0.4 is 16.0 Å². The van der Waals surface area contributed by atoms with Gasteiger partial charge in [0.05, 0.1) is 0 Å². The topological polar surface area (TPSA) is 120 Å². The number of nitrogens with one attached hydrogen (secondary N) is 2. The molecular weight excluding hydrogens is 312 g/mol. The summed E-state index contributed by atoms with van der Waals surface area (Å²) in [6.45, 7) is 0. The lowest BCUT2D eigenvalue weighted by Gasteiger charge is -2.07. The first kappa shape index (κ1) is 15.2. The summed E-state index contributed by atoms with van der Waals surface area (Å²) in [5, 5.41) is 17.2. The summed E-state index contributed by atoms with van der Waals surface area (Å²) in [6, 6.07) is 15.9. The van der Waals surface area contributed by atoms with E-state index in [-0.39, 0.29) is 0 Å². The summed E-state index contributed by atoms with van der Waals surface area (Å²) < 4.78 is 5.72. The van der Waals surface area contributed by atoms with Crippen molar-refractivity contribution in [2.45, 2.75) is 0 Å². The number of nitrogens with zero attached hydrogens (tertiary/aromatic N) is 2. The van der Waals surface area contributed by atoms with Gasteiger partial charge in [-0.15, -0.1) is 10.2 Å². The smallest absolute Gasteiger partial charge is 0.328 e. The summed E-state index contributed by atoms with van der Waals surface area (Å²) in [7, 11) is 0. The number of aromatic hydroxyl groups is 1. The Bertz CT molecular complexity index is 993. The number of ether oxygens (including phenoxy) is 1. The minimum absolute atomic E-state index is 0.353. The SMILES string of the molecule is O=c1[nH]c(O)c(N=Nc2ccccc2Oc2ccccc2)c(=O)[nH]1. The van der Waals surface area contributed by atoms with Crippen molar-refractivity contribution < 1.29 is 9.84 Å². The van der Waals surface area contributed by atoms with Crippen LogP contribution in [0.3, 0.4) is 0 Å². The van der Waals surface area contributed by atoms with Crippen LogP contribution in [-0.4, -0.2) is 15.1 Å². The van der Waals surface area contributed by atoms with E-state index in [1.165, 1.54) is 0 Å². The Hall–Kier alpha value is -3.68. The highest BCUT2D eigenvalue weighted by molar-refractivity contribution is 5.53. The van der Waals surface area contributed by atoms with Crippen LogP contribution in [0, 0.1) is 0 Å². The monoisotopic (exact) mass is 324 g/mol. The van der Waals surface area contributed by atoms with Crippen LogP contribution in [0.2, 0.25) is 0 Å². The molecule has 0 aliphatic carbocycles.